The molecule has 0 bridgehead atoms. The fraction of sp³-hybridized carbons (Fsp3) is 0.500. The molecular weight excluding hydrogens is 226 g/mol. The van der Waals surface area contributed by atoms with E-state index < -0.39 is 0 Å². The SMILES string of the molecule is COc1ccc(Cl)cc1COC1(C)CNC1. The van der Waals surface area contributed by atoms with Gasteiger partial charge in [-0.05, 0) is 25.1 Å². The number of hydrogen-bond donors (Lipinski definition) is 1. The Morgan fingerprint density at radius 2 is 2.19 bits per heavy atom. The quantitative estimate of drug-likeness (QED) is 0.877. The number of ether oxygens (including phenoxy) is 2. The minimum absolute atomic E-state index is 0.0483. The number of methoxy groups -OCH3 is 1. The first-order chi connectivity index (χ1) is 7.63. The van der Waals surface area contributed by atoms with Crippen LogP contribution in [0.4, 0.5) is 0 Å². The molecule has 0 spiro atoms. The predicted octanol–water partition coefficient (Wildman–Crippen LogP) is 2.23. The van der Waals surface area contributed by atoms with Crippen LogP contribution in [0.1, 0.15) is 12.5 Å². The second-order valence-electron chi connectivity index (χ2n) is 4.30. The lowest BCUT2D eigenvalue weighted by Crippen LogP contribution is -2.58. The van der Waals surface area contributed by atoms with Gasteiger partial charge in [-0.3, -0.25) is 0 Å². The first-order valence-corrected chi connectivity index (χ1v) is 5.68. The van der Waals surface area contributed by atoms with Gasteiger partial charge in [0.2, 0.25) is 0 Å². The molecule has 1 aromatic carbocycles. The van der Waals surface area contributed by atoms with Gasteiger partial charge < -0.3 is 14.8 Å². The van der Waals surface area contributed by atoms with E-state index in [4.69, 9.17) is 21.1 Å². The summed E-state index contributed by atoms with van der Waals surface area (Å²) < 4.78 is 11.1. The van der Waals surface area contributed by atoms with Crippen molar-refractivity contribution in [1.29, 1.82) is 0 Å². The summed E-state index contributed by atoms with van der Waals surface area (Å²) in [7, 11) is 1.65. The average Bonchev–Trinajstić information content (AvgIpc) is 2.24. The molecule has 1 aromatic rings. The first kappa shape index (κ1) is 11.7. The van der Waals surface area contributed by atoms with Gasteiger partial charge in [0.15, 0.2) is 0 Å². The normalized spacial score (nSPS) is 17.9. The highest BCUT2D eigenvalue weighted by Crippen LogP contribution is 2.26. The smallest absolute Gasteiger partial charge is 0.124 e. The molecule has 16 heavy (non-hydrogen) atoms. The van der Waals surface area contributed by atoms with Crippen LogP contribution >= 0.6 is 11.6 Å². The summed E-state index contributed by atoms with van der Waals surface area (Å²) in [6, 6.07) is 5.56. The van der Waals surface area contributed by atoms with Gasteiger partial charge in [0, 0.05) is 23.7 Å². The van der Waals surface area contributed by atoms with E-state index >= 15 is 0 Å². The van der Waals surface area contributed by atoms with Crippen molar-refractivity contribution in [2.75, 3.05) is 20.2 Å². The van der Waals surface area contributed by atoms with Crippen LogP contribution in [0.25, 0.3) is 0 Å². The maximum atomic E-state index is 5.95. The predicted molar refractivity (Wildman–Crippen MR) is 64.1 cm³/mol. The molecule has 2 rings (SSSR count). The lowest BCUT2D eigenvalue weighted by atomic mass is 10.00. The second-order valence-corrected chi connectivity index (χ2v) is 4.73. The van der Waals surface area contributed by atoms with Crippen molar-refractivity contribution in [2.45, 2.75) is 19.1 Å². The molecule has 0 aromatic heterocycles. The van der Waals surface area contributed by atoms with Crippen LogP contribution in [0.5, 0.6) is 5.75 Å². The Kier molecular flexibility index (Phi) is 3.38. The summed E-state index contributed by atoms with van der Waals surface area (Å²) in [4.78, 5) is 0. The van der Waals surface area contributed by atoms with Crippen LogP contribution in [0, 0.1) is 0 Å². The summed E-state index contributed by atoms with van der Waals surface area (Å²) in [5.74, 6) is 0.820. The van der Waals surface area contributed by atoms with Crippen molar-refractivity contribution in [1.82, 2.24) is 5.32 Å². The Morgan fingerprint density at radius 1 is 1.44 bits per heavy atom. The van der Waals surface area contributed by atoms with Crippen LogP contribution < -0.4 is 10.1 Å². The summed E-state index contributed by atoms with van der Waals surface area (Å²) >= 11 is 5.95. The van der Waals surface area contributed by atoms with E-state index in [9.17, 15) is 0 Å². The highest BCUT2D eigenvalue weighted by atomic mass is 35.5. The van der Waals surface area contributed by atoms with Crippen molar-refractivity contribution in [2.24, 2.45) is 0 Å². The fourth-order valence-corrected chi connectivity index (χ4v) is 1.89. The van der Waals surface area contributed by atoms with Crippen LogP contribution in [0.2, 0.25) is 5.02 Å². The number of rotatable bonds is 4. The topological polar surface area (TPSA) is 30.5 Å². The van der Waals surface area contributed by atoms with Crippen molar-refractivity contribution in [3.05, 3.63) is 28.8 Å². The largest absolute Gasteiger partial charge is 0.496 e. The number of halogens is 1. The molecule has 0 atom stereocenters. The maximum Gasteiger partial charge on any atom is 0.124 e. The van der Waals surface area contributed by atoms with Crippen molar-refractivity contribution in [3.8, 4) is 5.75 Å². The molecule has 1 aliphatic rings. The maximum absolute atomic E-state index is 5.95. The first-order valence-electron chi connectivity index (χ1n) is 5.30. The van der Waals surface area contributed by atoms with E-state index in [1.165, 1.54) is 0 Å². The van der Waals surface area contributed by atoms with Crippen LogP contribution in [-0.2, 0) is 11.3 Å². The van der Waals surface area contributed by atoms with Crippen LogP contribution in [0.15, 0.2) is 18.2 Å². The molecule has 1 heterocycles. The minimum Gasteiger partial charge on any atom is -0.496 e. The number of hydrogen-bond acceptors (Lipinski definition) is 3. The minimum atomic E-state index is -0.0483. The Morgan fingerprint density at radius 3 is 2.75 bits per heavy atom. The second kappa shape index (κ2) is 4.62. The van der Waals surface area contributed by atoms with Gasteiger partial charge in [-0.15, -0.1) is 0 Å². The zero-order valence-corrected chi connectivity index (χ0v) is 10.3. The molecular formula is C12H16ClNO2. The zero-order chi connectivity index (χ0) is 11.6. The van der Waals surface area contributed by atoms with Gasteiger partial charge in [0.05, 0.1) is 19.3 Å². The molecule has 1 N–H and O–H groups in total. The average molecular weight is 242 g/mol. The third kappa shape index (κ3) is 2.48. The van der Waals surface area contributed by atoms with E-state index in [0.29, 0.717) is 11.6 Å². The zero-order valence-electron chi connectivity index (χ0n) is 9.55. The van der Waals surface area contributed by atoms with Gasteiger partial charge in [-0.1, -0.05) is 11.6 Å². The highest BCUT2D eigenvalue weighted by molar-refractivity contribution is 6.30. The lowest BCUT2D eigenvalue weighted by molar-refractivity contribution is -0.0771. The van der Waals surface area contributed by atoms with Crippen LogP contribution in [0.3, 0.4) is 0 Å². The lowest BCUT2D eigenvalue weighted by Gasteiger charge is -2.39. The van der Waals surface area contributed by atoms with Gasteiger partial charge in [0.1, 0.15) is 5.75 Å². The molecule has 3 nitrogen and oxygen atoms in total. The summed E-state index contributed by atoms with van der Waals surface area (Å²) in [5.41, 5.74) is 0.941. The number of nitrogens with one attached hydrogen (secondary N) is 1. The van der Waals surface area contributed by atoms with E-state index in [0.717, 1.165) is 24.4 Å². The fourth-order valence-electron chi connectivity index (χ4n) is 1.69. The summed E-state index contributed by atoms with van der Waals surface area (Å²) in [5, 5.41) is 3.90. The molecule has 0 saturated carbocycles. The molecule has 1 fully saturated rings. The third-order valence-corrected chi connectivity index (χ3v) is 3.05. The highest BCUT2D eigenvalue weighted by Gasteiger charge is 2.32. The Bertz CT molecular complexity index is 377. The molecule has 1 saturated heterocycles. The van der Waals surface area contributed by atoms with Gasteiger partial charge in [-0.25, -0.2) is 0 Å². The molecule has 4 heteroatoms. The Labute approximate surface area is 101 Å². The van der Waals surface area contributed by atoms with Gasteiger partial charge >= 0.3 is 0 Å². The molecule has 0 unspecified atom stereocenters. The molecule has 0 aliphatic carbocycles. The van der Waals surface area contributed by atoms with E-state index in [2.05, 4.69) is 12.2 Å². The van der Waals surface area contributed by atoms with Gasteiger partial charge in [-0.2, -0.15) is 0 Å². The Hall–Kier alpha value is -0.770. The van der Waals surface area contributed by atoms with Crippen molar-refractivity contribution in [3.63, 3.8) is 0 Å². The van der Waals surface area contributed by atoms with E-state index in [1.54, 1.807) is 7.11 Å². The van der Waals surface area contributed by atoms with Crippen molar-refractivity contribution >= 4 is 11.6 Å². The number of benzene rings is 1. The van der Waals surface area contributed by atoms with Crippen molar-refractivity contribution < 1.29 is 9.47 Å². The molecule has 0 amide bonds. The third-order valence-electron chi connectivity index (χ3n) is 2.82. The van der Waals surface area contributed by atoms with Crippen LogP contribution in [-0.4, -0.2) is 25.8 Å². The van der Waals surface area contributed by atoms with E-state index in [-0.39, 0.29) is 5.60 Å². The Balaban J connectivity index is 2.04. The monoisotopic (exact) mass is 241 g/mol. The molecule has 0 radical (unpaired) electrons. The summed E-state index contributed by atoms with van der Waals surface area (Å²) in [6.45, 7) is 4.42. The van der Waals surface area contributed by atoms with E-state index in [1.807, 2.05) is 18.2 Å². The summed E-state index contributed by atoms with van der Waals surface area (Å²) in [6.07, 6.45) is 0. The molecule has 1 aliphatic heterocycles. The van der Waals surface area contributed by atoms with Gasteiger partial charge in [0.25, 0.3) is 0 Å². The molecule has 88 valence electrons. The standard InChI is InChI=1S/C12H16ClNO2/c1-12(7-14-8-12)16-6-9-5-10(13)3-4-11(9)15-2/h3-5,14H,6-8H2,1-2H3.